The normalized spacial score (nSPS) is 12.7. The summed E-state index contributed by atoms with van der Waals surface area (Å²) in [4.78, 5) is 11.7. The van der Waals surface area contributed by atoms with Crippen LogP contribution in [-0.2, 0) is 11.3 Å². The maximum atomic E-state index is 11.7. The van der Waals surface area contributed by atoms with Gasteiger partial charge in [0.25, 0.3) is 0 Å². The van der Waals surface area contributed by atoms with Crippen LogP contribution in [0.4, 0.5) is 0 Å². The molecule has 0 spiro atoms. The summed E-state index contributed by atoms with van der Waals surface area (Å²) >= 11 is 0. The summed E-state index contributed by atoms with van der Waals surface area (Å²) in [6, 6.07) is 1.81. The topological polar surface area (TPSA) is 81.2 Å². The lowest BCUT2D eigenvalue weighted by Gasteiger charge is -2.16. The average molecular weight is 253 g/mol. The Labute approximate surface area is 108 Å². The third-order valence-electron chi connectivity index (χ3n) is 2.76. The summed E-state index contributed by atoms with van der Waals surface area (Å²) in [6.07, 6.45) is 1.46. The highest BCUT2D eigenvalue weighted by molar-refractivity contribution is 5.76. The average Bonchev–Trinajstić information content (AvgIpc) is 2.71. The molecule has 0 saturated carbocycles. The van der Waals surface area contributed by atoms with Crippen molar-refractivity contribution < 1.29 is 9.32 Å². The minimum Gasteiger partial charge on any atom is -0.361 e. The molecule has 3 N–H and O–H groups in total. The molecular formula is C13H23N3O2. The van der Waals surface area contributed by atoms with Gasteiger partial charge in [0.1, 0.15) is 11.5 Å². The van der Waals surface area contributed by atoms with Crippen LogP contribution in [0.2, 0.25) is 0 Å². The molecule has 102 valence electrons. The molecule has 0 aliphatic carbocycles. The zero-order chi connectivity index (χ0) is 13.5. The first kappa shape index (κ1) is 14.7. The Morgan fingerprint density at radius 2 is 2.28 bits per heavy atom. The molecule has 0 saturated heterocycles. The molecule has 1 aromatic heterocycles. The minimum absolute atomic E-state index is 0.0201. The third kappa shape index (κ3) is 5.31. The van der Waals surface area contributed by atoms with Gasteiger partial charge in [-0.1, -0.05) is 19.0 Å². The standard InChI is InChI=1S/C13H23N3O2/c1-9(2)4-11(7-14)6-13(17)15-8-12-5-10(3)18-16-12/h5,9,11H,4,6-8,14H2,1-3H3,(H,15,17). The number of nitrogens with zero attached hydrogens (tertiary/aromatic N) is 1. The second-order valence-corrected chi connectivity index (χ2v) is 5.14. The fourth-order valence-electron chi connectivity index (χ4n) is 1.95. The van der Waals surface area contributed by atoms with Crippen molar-refractivity contribution in [1.82, 2.24) is 10.5 Å². The second kappa shape index (κ2) is 7.16. The van der Waals surface area contributed by atoms with E-state index in [1.807, 2.05) is 13.0 Å². The van der Waals surface area contributed by atoms with Crippen LogP contribution >= 0.6 is 0 Å². The van der Waals surface area contributed by atoms with Crippen LogP contribution in [0, 0.1) is 18.8 Å². The Balaban J connectivity index is 2.32. The molecule has 1 rings (SSSR count). The molecule has 0 fully saturated rings. The van der Waals surface area contributed by atoms with Gasteiger partial charge in [-0.25, -0.2) is 0 Å². The summed E-state index contributed by atoms with van der Waals surface area (Å²) in [5.41, 5.74) is 6.42. The zero-order valence-corrected chi connectivity index (χ0v) is 11.4. The number of nitrogens with two attached hydrogens (primary N) is 1. The van der Waals surface area contributed by atoms with E-state index < -0.39 is 0 Å². The molecule has 0 aromatic carbocycles. The number of carbonyl (C=O) groups is 1. The van der Waals surface area contributed by atoms with Gasteiger partial charge in [-0.2, -0.15) is 0 Å². The highest BCUT2D eigenvalue weighted by atomic mass is 16.5. The molecule has 5 heteroatoms. The van der Waals surface area contributed by atoms with Crippen molar-refractivity contribution in [3.8, 4) is 0 Å². The Morgan fingerprint density at radius 1 is 1.56 bits per heavy atom. The Kier molecular flexibility index (Phi) is 5.85. The number of nitrogens with one attached hydrogen (secondary N) is 1. The van der Waals surface area contributed by atoms with Crippen LogP contribution in [0.25, 0.3) is 0 Å². The molecule has 1 atom stereocenters. The summed E-state index contributed by atoms with van der Waals surface area (Å²) in [5.74, 6) is 1.58. The summed E-state index contributed by atoms with van der Waals surface area (Å²) in [5, 5.41) is 6.65. The van der Waals surface area contributed by atoms with Gasteiger partial charge < -0.3 is 15.6 Å². The van der Waals surface area contributed by atoms with E-state index in [4.69, 9.17) is 10.3 Å². The van der Waals surface area contributed by atoms with Crippen molar-refractivity contribution in [3.05, 3.63) is 17.5 Å². The van der Waals surface area contributed by atoms with Crippen molar-refractivity contribution in [2.75, 3.05) is 6.54 Å². The van der Waals surface area contributed by atoms with Gasteiger partial charge in [0.15, 0.2) is 0 Å². The van der Waals surface area contributed by atoms with E-state index in [-0.39, 0.29) is 11.8 Å². The van der Waals surface area contributed by atoms with E-state index in [2.05, 4.69) is 24.3 Å². The number of aryl methyl sites for hydroxylation is 1. The predicted octanol–water partition coefficient (Wildman–Crippen LogP) is 1.61. The molecule has 1 amide bonds. The first-order valence-electron chi connectivity index (χ1n) is 6.40. The highest BCUT2D eigenvalue weighted by Gasteiger charge is 2.14. The van der Waals surface area contributed by atoms with Crippen molar-refractivity contribution in [2.45, 2.75) is 40.2 Å². The lowest BCUT2D eigenvalue weighted by Crippen LogP contribution is -2.28. The lowest BCUT2D eigenvalue weighted by molar-refractivity contribution is -0.122. The summed E-state index contributed by atoms with van der Waals surface area (Å²) in [7, 11) is 0. The Bertz CT molecular complexity index is 374. The number of hydrogen-bond acceptors (Lipinski definition) is 4. The molecule has 0 aliphatic heterocycles. The van der Waals surface area contributed by atoms with E-state index in [1.165, 1.54) is 0 Å². The summed E-state index contributed by atoms with van der Waals surface area (Å²) in [6.45, 7) is 7.06. The molecule has 18 heavy (non-hydrogen) atoms. The maximum Gasteiger partial charge on any atom is 0.220 e. The van der Waals surface area contributed by atoms with Gasteiger partial charge in [-0.05, 0) is 31.7 Å². The number of aromatic nitrogens is 1. The van der Waals surface area contributed by atoms with Crippen LogP contribution in [0.3, 0.4) is 0 Å². The van der Waals surface area contributed by atoms with Crippen LogP contribution in [-0.4, -0.2) is 17.6 Å². The van der Waals surface area contributed by atoms with E-state index in [1.54, 1.807) is 0 Å². The van der Waals surface area contributed by atoms with E-state index in [9.17, 15) is 4.79 Å². The first-order valence-corrected chi connectivity index (χ1v) is 6.40. The van der Waals surface area contributed by atoms with Crippen LogP contribution in [0.15, 0.2) is 10.6 Å². The third-order valence-corrected chi connectivity index (χ3v) is 2.76. The predicted molar refractivity (Wildman–Crippen MR) is 69.7 cm³/mol. The molecule has 1 heterocycles. The van der Waals surface area contributed by atoms with Gasteiger partial charge in [0.05, 0.1) is 6.54 Å². The van der Waals surface area contributed by atoms with E-state index in [0.717, 1.165) is 17.9 Å². The number of rotatable bonds is 7. The smallest absolute Gasteiger partial charge is 0.220 e. The Hall–Kier alpha value is -1.36. The van der Waals surface area contributed by atoms with Gasteiger partial charge in [-0.3, -0.25) is 4.79 Å². The fraction of sp³-hybridized carbons (Fsp3) is 0.692. The van der Waals surface area contributed by atoms with Crippen LogP contribution in [0.5, 0.6) is 0 Å². The minimum atomic E-state index is 0.0201. The van der Waals surface area contributed by atoms with Gasteiger partial charge in [0.2, 0.25) is 5.91 Å². The van der Waals surface area contributed by atoms with Crippen LogP contribution < -0.4 is 11.1 Å². The molecule has 1 unspecified atom stereocenters. The molecule has 0 aliphatic rings. The first-order chi connectivity index (χ1) is 8.51. The second-order valence-electron chi connectivity index (χ2n) is 5.14. The van der Waals surface area contributed by atoms with Crippen molar-refractivity contribution in [1.29, 1.82) is 0 Å². The molecule has 0 radical (unpaired) electrons. The van der Waals surface area contributed by atoms with E-state index >= 15 is 0 Å². The monoisotopic (exact) mass is 253 g/mol. The van der Waals surface area contributed by atoms with Gasteiger partial charge >= 0.3 is 0 Å². The molecular weight excluding hydrogens is 230 g/mol. The highest BCUT2D eigenvalue weighted by Crippen LogP contribution is 2.14. The fourth-order valence-corrected chi connectivity index (χ4v) is 1.95. The van der Waals surface area contributed by atoms with E-state index in [0.29, 0.717) is 25.4 Å². The van der Waals surface area contributed by atoms with Crippen LogP contribution in [0.1, 0.15) is 38.1 Å². The van der Waals surface area contributed by atoms with Gasteiger partial charge in [-0.15, -0.1) is 0 Å². The molecule has 1 aromatic rings. The van der Waals surface area contributed by atoms with Crippen molar-refractivity contribution >= 4 is 5.91 Å². The molecule has 5 nitrogen and oxygen atoms in total. The van der Waals surface area contributed by atoms with Gasteiger partial charge in [0, 0.05) is 12.5 Å². The van der Waals surface area contributed by atoms with Crippen molar-refractivity contribution in [2.24, 2.45) is 17.6 Å². The quantitative estimate of drug-likeness (QED) is 0.773. The zero-order valence-electron chi connectivity index (χ0n) is 11.4. The lowest BCUT2D eigenvalue weighted by atomic mass is 9.94. The number of amides is 1. The maximum absolute atomic E-state index is 11.7. The Morgan fingerprint density at radius 3 is 2.78 bits per heavy atom. The van der Waals surface area contributed by atoms with Crippen molar-refractivity contribution in [3.63, 3.8) is 0 Å². The largest absolute Gasteiger partial charge is 0.361 e. The summed E-state index contributed by atoms with van der Waals surface area (Å²) < 4.78 is 4.93. The number of hydrogen-bond donors (Lipinski definition) is 2. The SMILES string of the molecule is Cc1cc(CNC(=O)CC(CN)CC(C)C)no1. The number of carbonyl (C=O) groups excluding carboxylic acids is 1. The molecule has 0 bridgehead atoms.